The molecule has 0 spiro atoms. The molecule has 6 heteroatoms. The van der Waals surface area contributed by atoms with Crippen molar-refractivity contribution in [2.45, 2.75) is 76.8 Å². The number of nitrogens with one attached hydrogen (secondary N) is 1. The van der Waals surface area contributed by atoms with Gasteiger partial charge in [-0.15, -0.1) is 11.8 Å². The number of hydrogen-bond acceptors (Lipinski definition) is 4. The number of carbonyl (C=O) groups is 2. The minimum atomic E-state index is -0.0453. The highest BCUT2D eigenvalue weighted by atomic mass is 32.2. The number of carbonyl (C=O) groups excluding carboxylic acids is 2. The van der Waals surface area contributed by atoms with Gasteiger partial charge in [-0.3, -0.25) is 14.5 Å². The molecule has 2 aliphatic heterocycles. The number of aryl methyl sites for hydroxylation is 2. The van der Waals surface area contributed by atoms with Crippen molar-refractivity contribution >= 4 is 29.7 Å². The van der Waals surface area contributed by atoms with E-state index in [1.165, 1.54) is 40.7 Å². The highest BCUT2D eigenvalue weighted by Gasteiger charge is 2.40. The van der Waals surface area contributed by atoms with E-state index in [0.29, 0.717) is 29.9 Å². The summed E-state index contributed by atoms with van der Waals surface area (Å²) in [7, 11) is 0. The zero-order valence-corrected chi connectivity index (χ0v) is 26.3. The Hall–Kier alpha value is -3.35. The highest BCUT2D eigenvalue weighted by Crippen LogP contribution is 2.43. The van der Waals surface area contributed by atoms with Crippen LogP contribution < -0.4 is 5.32 Å². The maximum Gasteiger partial charge on any atom is 0.260 e. The van der Waals surface area contributed by atoms with Gasteiger partial charge < -0.3 is 10.2 Å². The molecule has 0 radical (unpaired) electrons. The van der Waals surface area contributed by atoms with Crippen LogP contribution >= 0.6 is 11.8 Å². The first kappa shape index (κ1) is 29.7. The van der Waals surface area contributed by atoms with E-state index in [-0.39, 0.29) is 11.8 Å². The predicted octanol–water partition coefficient (Wildman–Crippen LogP) is 6.91. The molecule has 2 amide bonds. The van der Waals surface area contributed by atoms with Gasteiger partial charge in [0.25, 0.3) is 11.8 Å². The molecular formula is C37H43N3O2S. The molecule has 3 aromatic rings. The molecule has 5 nitrogen and oxygen atoms in total. The molecule has 6 rings (SSSR count). The summed E-state index contributed by atoms with van der Waals surface area (Å²) < 4.78 is 0. The Balaban J connectivity index is 1.06. The van der Waals surface area contributed by atoms with E-state index in [2.05, 4.69) is 71.4 Å². The van der Waals surface area contributed by atoms with Crippen molar-refractivity contribution in [2.75, 3.05) is 19.6 Å². The molecule has 1 aliphatic carbocycles. The zero-order chi connectivity index (χ0) is 29.8. The van der Waals surface area contributed by atoms with Crippen LogP contribution in [-0.2, 0) is 24.3 Å². The zero-order valence-electron chi connectivity index (χ0n) is 25.5. The largest absolute Gasteiger partial charge is 0.352 e. The molecule has 1 N–H and O–H groups in total. The summed E-state index contributed by atoms with van der Waals surface area (Å²) >= 11 is 1.76. The Kier molecular flexibility index (Phi) is 9.34. The second kappa shape index (κ2) is 13.5. The van der Waals surface area contributed by atoms with E-state index in [1.807, 2.05) is 30.3 Å². The van der Waals surface area contributed by atoms with E-state index in [4.69, 9.17) is 0 Å². The summed E-state index contributed by atoms with van der Waals surface area (Å²) in [6.45, 7) is 8.63. The fourth-order valence-electron chi connectivity index (χ4n) is 6.75. The van der Waals surface area contributed by atoms with Gasteiger partial charge in [0, 0.05) is 49.6 Å². The number of nitrogens with zero attached hydrogens (tertiary/aromatic N) is 2. The third-order valence-corrected chi connectivity index (χ3v) is 10.7. The van der Waals surface area contributed by atoms with Gasteiger partial charge in [0.05, 0.1) is 4.91 Å². The molecule has 1 saturated heterocycles. The molecule has 3 aromatic carbocycles. The van der Waals surface area contributed by atoms with Gasteiger partial charge in [-0.2, -0.15) is 0 Å². The number of amides is 2. The van der Waals surface area contributed by atoms with Crippen molar-refractivity contribution in [3.63, 3.8) is 0 Å². The standard InChI is InChI=1S/C37H43N3O2S/c1-26-12-13-27(2)32(22-26)25-40-33-10-5-6-11-34(33)43-35(37(40)42)23-28-14-16-30(17-15-28)36(41)38-19-7-20-39-21-18-29-8-3-4-9-31(29)24-39/h3-4,8-9,12-17,22-23,33-34H,5-7,10-11,18-21,24-25H2,1-2H3,(H,38,41)/b35-23-. The van der Waals surface area contributed by atoms with E-state index in [1.54, 1.807) is 11.8 Å². The summed E-state index contributed by atoms with van der Waals surface area (Å²) in [4.78, 5) is 32.1. The van der Waals surface area contributed by atoms with Gasteiger partial charge in [0.2, 0.25) is 0 Å². The Morgan fingerprint density at radius 1 is 1.00 bits per heavy atom. The molecule has 1 saturated carbocycles. The van der Waals surface area contributed by atoms with E-state index >= 15 is 0 Å². The second-order valence-corrected chi connectivity index (χ2v) is 13.7. The minimum Gasteiger partial charge on any atom is -0.352 e. The van der Waals surface area contributed by atoms with Crippen LogP contribution in [0, 0.1) is 13.8 Å². The molecule has 2 unspecified atom stereocenters. The van der Waals surface area contributed by atoms with Crippen molar-refractivity contribution in [3.8, 4) is 0 Å². The fraction of sp³-hybridized carbons (Fsp3) is 0.405. The highest BCUT2D eigenvalue weighted by molar-refractivity contribution is 8.04. The van der Waals surface area contributed by atoms with Gasteiger partial charge in [0.15, 0.2) is 0 Å². The Morgan fingerprint density at radius 2 is 1.79 bits per heavy atom. The smallest absolute Gasteiger partial charge is 0.260 e. The van der Waals surface area contributed by atoms with Crippen LogP contribution in [0.1, 0.15) is 75.8 Å². The van der Waals surface area contributed by atoms with Gasteiger partial charge in [-0.1, -0.05) is 73.0 Å². The number of benzene rings is 3. The number of hydrogen-bond donors (Lipinski definition) is 1. The summed E-state index contributed by atoms with van der Waals surface area (Å²) in [5, 5.41) is 3.53. The quantitative estimate of drug-likeness (QED) is 0.228. The SMILES string of the molecule is Cc1ccc(C)c(CN2C(=O)/C(=C/c3ccc(C(=O)NCCCN4CCc5ccccc5C4)cc3)SC3CCCCC32)c1. The van der Waals surface area contributed by atoms with Crippen LogP contribution in [0.15, 0.2) is 71.6 Å². The Bertz CT molecular complexity index is 1500. The van der Waals surface area contributed by atoms with E-state index < -0.39 is 0 Å². The Morgan fingerprint density at radius 3 is 2.63 bits per heavy atom. The van der Waals surface area contributed by atoms with Gasteiger partial charge in [-0.05, 0) is 85.6 Å². The van der Waals surface area contributed by atoms with Crippen molar-refractivity contribution < 1.29 is 9.59 Å². The predicted molar refractivity (Wildman–Crippen MR) is 177 cm³/mol. The Labute approximate surface area is 260 Å². The average Bonchev–Trinajstić information content (AvgIpc) is 3.03. The lowest BCUT2D eigenvalue weighted by Gasteiger charge is -2.44. The summed E-state index contributed by atoms with van der Waals surface area (Å²) in [5.41, 5.74) is 8.20. The minimum absolute atomic E-state index is 0.0453. The van der Waals surface area contributed by atoms with E-state index in [0.717, 1.165) is 55.8 Å². The lowest BCUT2D eigenvalue weighted by molar-refractivity contribution is -0.130. The molecule has 2 heterocycles. The van der Waals surface area contributed by atoms with Crippen LogP contribution in [0.5, 0.6) is 0 Å². The van der Waals surface area contributed by atoms with Crippen LogP contribution in [0.25, 0.3) is 6.08 Å². The number of fused-ring (bicyclic) bond motifs is 2. The van der Waals surface area contributed by atoms with Gasteiger partial charge in [0.1, 0.15) is 0 Å². The third kappa shape index (κ3) is 7.08. The molecule has 2 atom stereocenters. The van der Waals surface area contributed by atoms with Crippen LogP contribution in [0.2, 0.25) is 0 Å². The maximum absolute atomic E-state index is 13.9. The number of rotatable bonds is 8. The third-order valence-electron chi connectivity index (χ3n) is 9.28. The lowest BCUT2D eigenvalue weighted by Crippen LogP contribution is -2.50. The average molecular weight is 594 g/mol. The van der Waals surface area contributed by atoms with E-state index in [9.17, 15) is 9.59 Å². The van der Waals surface area contributed by atoms with Crippen LogP contribution in [0.4, 0.5) is 0 Å². The number of thioether (sulfide) groups is 1. The molecule has 0 bridgehead atoms. The molecule has 2 fully saturated rings. The first-order chi connectivity index (χ1) is 20.9. The lowest BCUT2D eigenvalue weighted by atomic mass is 9.92. The van der Waals surface area contributed by atoms with Gasteiger partial charge in [-0.25, -0.2) is 0 Å². The normalized spacial score (nSPS) is 21.4. The summed E-state index contributed by atoms with van der Waals surface area (Å²) in [6, 6.07) is 23.2. The van der Waals surface area contributed by atoms with Crippen LogP contribution in [-0.4, -0.2) is 52.5 Å². The summed E-state index contributed by atoms with van der Waals surface area (Å²) in [6.07, 6.45) is 8.69. The van der Waals surface area contributed by atoms with Crippen molar-refractivity contribution in [3.05, 3.63) is 111 Å². The van der Waals surface area contributed by atoms with Crippen molar-refractivity contribution in [1.82, 2.24) is 15.1 Å². The molecule has 224 valence electrons. The van der Waals surface area contributed by atoms with Gasteiger partial charge >= 0.3 is 0 Å². The maximum atomic E-state index is 13.9. The first-order valence-electron chi connectivity index (χ1n) is 15.9. The van der Waals surface area contributed by atoms with Crippen LogP contribution in [0.3, 0.4) is 0 Å². The molecule has 3 aliphatic rings. The molecule has 0 aromatic heterocycles. The topological polar surface area (TPSA) is 52.7 Å². The molecule has 43 heavy (non-hydrogen) atoms. The van der Waals surface area contributed by atoms with Crippen molar-refractivity contribution in [1.29, 1.82) is 0 Å². The fourth-order valence-corrected chi connectivity index (χ4v) is 8.22. The van der Waals surface area contributed by atoms with Crippen molar-refractivity contribution in [2.24, 2.45) is 0 Å². The monoisotopic (exact) mass is 593 g/mol. The second-order valence-electron chi connectivity index (χ2n) is 12.4. The first-order valence-corrected chi connectivity index (χ1v) is 16.8. The summed E-state index contributed by atoms with van der Waals surface area (Å²) in [5.74, 6) is 0.0872. The molecular weight excluding hydrogens is 550 g/mol.